The Labute approximate surface area is 227 Å². The molecule has 0 N–H and O–H groups in total. The molecule has 8 heteroatoms. The summed E-state index contributed by atoms with van der Waals surface area (Å²) in [5, 5.41) is 4.09. The fourth-order valence-corrected chi connectivity index (χ4v) is 4.43. The van der Waals surface area contributed by atoms with Gasteiger partial charge in [-0.1, -0.05) is 53.7 Å². The van der Waals surface area contributed by atoms with E-state index in [0.717, 1.165) is 27.2 Å². The summed E-state index contributed by atoms with van der Waals surface area (Å²) < 4.78 is 30.9. The number of aromatic nitrogens is 1. The van der Waals surface area contributed by atoms with E-state index in [4.69, 9.17) is 14.0 Å². The molecule has 1 atom stereocenters. The van der Waals surface area contributed by atoms with Crippen LogP contribution in [0.15, 0.2) is 71.3 Å². The SMILES string of the molecule is CCOC(=O)C(C)c1ccc(-c2ccc(-c3onc(C)c3N(C(=O)OCC)c3ccccc3F)cc2C)cc1. The number of hydrogen-bond acceptors (Lipinski definition) is 6. The predicted octanol–water partition coefficient (Wildman–Crippen LogP) is 7.73. The smallest absolute Gasteiger partial charge is 0.419 e. The van der Waals surface area contributed by atoms with E-state index in [1.165, 1.54) is 12.1 Å². The van der Waals surface area contributed by atoms with Crippen molar-refractivity contribution in [3.8, 4) is 22.5 Å². The average molecular weight is 531 g/mol. The van der Waals surface area contributed by atoms with Gasteiger partial charge in [-0.3, -0.25) is 4.79 Å². The first-order valence-electron chi connectivity index (χ1n) is 12.8. The number of benzene rings is 3. The summed E-state index contributed by atoms with van der Waals surface area (Å²) in [6, 6.07) is 19.5. The van der Waals surface area contributed by atoms with Crippen LogP contribution in [0.5, 0.6) is 0 Å². The molecule has 202 valence electrons. The Balaban J connectivity index is 1.71. The van der Waals surface area contributed by atoms with Crippen molar-refractivity contribution in [2.45, 2.75) is 40.5 Å². The van der Waals surface area contributed by atoms with Crippen molar-refractivity contribution in [1.29, 1.82) is 0 Å². The number of halogens is 1. The molecule has 3 aromatic carbocycles. The Hall–Kier alpha value is -4.46. The largest absolute Gasteiger partial charge is 0.466 e. The monoisotopic (exact) mass is 530 g/mol. The minimum atomic E-state index is -0.736. The highest BCUT2D eigenvalue weighted by molar-refractivity contribution is 6.00. The van der Waals surface area contributed by atoms with Crippen LogP contribution in [0.25, 0.3) is 22.5 Å². The molecular weight excluding hydrogens is 499 g/mol. The lowest BCUT2D eigenvalue weighted by Crippen LogP contribution is -2.28. The number of carbonyl (C=O) groups excluding carboxylic acids is 2. The van der Waals surface area contributed by atoms with Gasteiger partial charge in [-0.15, -0.1) is 0 Å². The van der Waals surface area contributed by atoms with Crippen LogP contribution in [0, 0.1) is 19.7 Å². The molecule has 0 saturated heterocycles. The van der Waals surface area contributed by atoms with E-state index < -0.39 is 11.9 Å². The van der Waals surface area contributed by atoms with Crippen molar-refractivity contribution >= 4 is 23.4 Å². The van der Waals surface area contributed by atoms with Crippen LogP contribution in [-0.2, 0) is 14.3 Å². The van der Waals surface area contributed by atoms with Gasteiger partial charge in [-0.05, 0) is 75.1 Å². The fourth-order valence-electron chi connectivity index (χ4n) is 4.43. The Kier molecular flexibility index (Phi) is 8.44. The second-order valence-electron chi connectivity index (χ2n) is 9.06. The Morgan fingerprint density at radius 2 is 1.62 bits per heavy atom. The minimum Gasteiger partial charge on any atom is -0.466 e. The highest BCUT2D eigenvalue weighted by Gasteiger charge is 2.30. The number of hydrogen-bond donors (Lipinski definition) is 0. The van der Waals surface area contributed by atoms with Crippen molar-refractivity contribution in [3.05, 3.63) is 89.4 Å². The zero-order chi connectivity index (χ0) is 28.1. The fraction of sp³-hybridized carbons (Fsp3) is 0.258. The van der Waals surface area contributed by atoms with E-state index in [1.807, 2.05) is 56.3 Å². The van der Waals surface area contributed by atoms with Gasteiger partial charge in [0.1, 0.15) is 17.2 Å². The van der Waals surface area contributed by atoms with Crippen LogP contribution in [0.2, 0.25) is 0 Å². The molecule has 4 aromatic rings. The second kappa shape index (κ2) is 11.9. The molecule has 0 spiro atoms. The zero-order valence-corrected chi connectivity index (χ0v) is 22.7. The van der Waals surface area contributed by atoms with Crippen molar-refractivity contribution < 1.29 is 28.0 Å². The van der Waals surface area contributed by atoms with Crippen molar-refractivity contribution in [1.82, 2.24) is 5.16 Å². The van der Waals surface area contributed by atoms with Gasteiger partial charge < -0.3 is 14.0 Å². The number of carbonyl (C=O) groups is 2. The third kappa shape index (κ3) is 5.70. The topological polar surface area (TPSA) is 81.9 Å². The third-order valence-corrected chi connectivity index (χ3v) is 6.45. The van der Waals surface area contributed by atoms with Crippen molar-refractivity contribution in [3.63, 3.8) is 0 Å². The van der Waals surface area contributed by atoms with Gasteiger partial charge in [0.2, 0.25) is 0 Å². The van der Waals surface area contributed by atoms with E-state index in [1.54, 1.807) is 32.9 Å². The molecule has 0 aliphatic rings. The van der Waals surface area contributed by atoms with E-state index in [9.17, 15) is 14.0 Å². The number of nitrogens with zero attached hydrogens (tertiary/aromatic N) is 2. The Morgan fingerprint density at radius 1 is 0.949 bits per heavy atom. The quantitative estimate of drug-likeness (QED) is 0.217. The predicted molar refractivity (Wildman–Crippen MR) is 147 cm³/mol. The molecule has 1 aromatic heterocycles. The van der Waals surface area contributed by atoms with E-state index >= 15 is 0 Å². The normalized spacial score (nSPS) is 11.6. The van der Waals surface area contributed by atoms with Gasteiger partial charge in [0.25, 0.3) is 0 Å². The molecule has 1 unspecified atom stereocenters. The minimum absolute atomic E-state index is 0.0361. The van der Waals surface area contributed by atoms with Crippen LogP contribution in [0.4, 0.5) is 20.6 Å². The molecule has 1 heterocycles. The number of rotatable bonds is 8. The first-order chi connectivity index (χ1) is 18.8. The van der Waals surface area contributed by atoms with Crippen LogP contribution in [-0.4, -0.2) is 30.4 Å². The number of para-hydroxylation sites is 1. The van der Waals surface area contributed by atoms with Gasteiger partial charge in [-0.25, -0.2) is 14.1 Å². The van der Waals surface area contributed by atoms with E-state index in [0.29, 0.717) is 29.3 Å². The lowest BCUT2D eigenvalue weighted by Gasteiger charge is -2.22. The Bertz CT molecular complexity index is 1480. The zero-order valence-electron chi connectivity index (χ0n) is 22.7. The van der Waals surface area contributed by atoms with Gasteiger partial charge in [0, 0.05) is 5.56 Å². The average Bonchev–Trinajstić information content (AvgIpc) is 3.30. The summed E-state index contributed by atoms with van der Waals surface area (Å²) in [7, 11) is 0. The van der Waals surface area contributed by atoms with E-state index in [2.05, 4.69) is 5.16 Å². The number of amides is 1. The third-order valence-electron chi connectivity index (χ3n) is 6.45. The summed E-state index contributed by atoms with van der Waals surface area (Å²) in [6.07, 6.45) is -0.736. The molecular formula is C31H31FN2O5. The summed E-state index contributed by atoms with van der Waals surface area (Å²) >= 11 is 0. The molecule has 0 radical (unpaired) electrons. The maximum atomic E-state index is 14.8. The lowest BCUT2D eigenvalue weighted by molar-refractivity contribution is -0.144. The molecule has 7 nitrogen and oxygen atoms in total. The molecule has 4 rings (SSSR count). The molecule has 0 aliphatic carbocycles. The molecule has 1 amide bonds. The number of aryl methyl sites for hydroxylation is 2. The van der Waals surface area contributed by atoms with Gasteiger partial charge in [-0.2, -0.15) is 0 Å². The molecule has 0 saturated carbocycles. The van der Waals surface area contributed by atoms with Crippen molar-refractivity contribution in [2.75, 3.05) is 18.1 Å². The Morgan fingerprint density at radius 3 is 2.26 bits per heavy atom. The van der Waals surface area contributed by atoms with Crippen LogP contribution in [0.3, 0.4) is 0 Å². The van der Waals surface area contributed by atoms with Crippen LogP contribution >= 0.6 is 0 Å². The standard InChI is InChI=1S/C31H31FN2O5/c1-6-37-30(35)20(4)22-12-14-23(15-13-22)25-17-16-24(18-19(25)3)29-28(21(5)33-39-29)34(31(36)38-7-2)27-11-9-8-10-26(27)32/h8-18,20H,6-7H2,1-5H3. The van der Waals surface area contributed by atoms with Gasteiger partial charge in [0.15, 0.2) is 5.76 Å². The lowest BCUT2D eigenvalue weighted by atomic mass is 9.94. The number of ether oxygens (including phenoxy) is 2. The number of esters is 1. The maximum absolute atomic E-state index is 14.8. The summed E-state index contributed by atoms with van der Waals surface area (Å²) in [4.78, 5) is 26.3. The first-order valence-corrected chi connectivity index (χ1v) is 12.8. The molecule has 0 aliphatic heterocycles. The number of anilines is 2. The molecule has 0 bridgehead atoms. The maximum Gasteiger partial charge on any atom is 0.419 e. The molecule has 0 fully saturated rings. The second-order valence-corrected chi connectivity index (χ2v) is 9.06. The summed E-state index contributed by atoms with van der Waals surface area (Å²) in [6.45, 7) is 9.42. The molecule has 39 heavy (non-hydrogen) atoms. The summed E-state index contributed by atoms with van der Waals surface area (Å²) in [5.41, 5.74) is 5.22. The first kappa shape index (κ1) is 27.6. The van der Waals surface area contributed by atoms with Gasteiger partial charge in [0.05, 0.1) is 24.8 Å². The van der Waals surface area contributed by atoms with Crippen molar-refractivity contribution in [2.24, 2.45) is 0 Å². The van der Waals surface area contributed by atoms with Crippen LogP contribution < -0.4 is 4.90 Å². The summed E-state index contributed by atoms with van der Waals surface area (Å²) in [5.74, 6) is -0.870. The van der Waals surface area contributed by atoms with E-state index in [-0.39, 0.29) is 24.2 Å². The highest BCUT2D eigenvalue weighted by Crippen LogP contribution is 2.40. The van der Waals surface area contributed by atoms with Gasteiger partial charge >= 0.3 is 12.1 Å². The highest BCUT2D eigenvalue weighted by atomic mass is 19.1. The van der Waals surface area contributed by atoms with Crippen LogP contribution in [0.1, 0.15) is 43.5 Å².